The number of hydrogen-bond acceptors (Lipinski definition) is 5. The number of nitrogens with one attached hydrogen (secondary N) is 1. The molecule has 2 saturated carbocycles. The summed E-state index contributed by atoms with van der Waals surface area (Å²) in [6.07, 6.45) is 2.49. The molecule has 0 radical (unpaired) electrons. The van der Waals surface area contributed by atoms with E-state index in [9.17, 15) is 19.5 Å². The molecule has 0 unspecified atom stereocenters. The van der Waals surface area contributed by atoms with Crippen LogP contribution in [-0.4, -0.2) is 30.1 Å². The Morgan fingerprint density at radius 2 is 1.83 bits per heavy atom. The van der Waals surface area contributed by atoms with Gasteiger partial charge in [-0.2, -0.15) is 0 Å². The zero-order chi connectivity index (χ0) is 20.7. The zero-order valence-electron chi connectivity index (χ0n) is 15.7. The van der Waals surface area contributed by atoms with Crippen molar-refractivity contribution in [2.45, 2.75) is 19.3 Å². The van der Waals surface area contributed by atoms with Crippen LogP contribution in [0, 0.1) is 23.7 Å². The average molecular weight is 434 g/mol. The zero-order valence-corrected chi connectivity index (χ0v) is 17.3. The monoisotopic (exact) mass is 433 g/mol. The first-order valence-corrected chi connectivity index (χ1v) is 10.7. The molecule has 2 N–H and O–H groups in total. The molecule has 1 heterocycles. The van der Waals surface area contributed by atoms with Crippen LogP contribution >= 0.6 is 22.9 Å². The van der Waals surface area contributed by atoms with Crippen molar-refractivity contribution < 1.29 is 24.2 Å². The van der Waals surface area contributed by atoms with E-state index in [2.05, 4.69) is 5.32 Å². The summed E-state index contributed by atoms with van der Waals surface area (Å²) in [5.74, 6) is -2.98. The predicted octanol–water partition coefficient (Wildman–Crippen LogP) is 4.54. The molecule has 152 valence electrons. The number of fused-ring (bicyclic) bond motifs is 2. The Hall–Kier alpha value is -2.38. The third-order valence-corrected chi connectivity index (χ3v) is 7.31. The minimum Gasteiger partial charge on any atom is -0.481 e. The quantitative estimate of drug-likeness (QED) is 0.675. The van der Waals surface area contributed by atoms with Crippen molar-refractivity contribution in [3.8, 4) is 11.1 Å². The van der Waals surface area contributed by atoms with Gasteiger partial charge in [0.05, 0.1) is 18.9 Å². The summed E-state index contributed by atoms with van der Waals surface area (Å²) in [7, 11) is 1.28. The lowest BCUT2D eigenvalue weighted by Crippen LogP contribution is -2.37. The van der Waals surface area contributed by atoms with E-state index >= 15 is 0 Å². The molecule has 2 aromatic rings. The van der Waals surface area contributed by atoms with Gasteiger partial charge in [0.1, 0.15) is 10.6 Å². The molecule has 2 aliphatic rings. The fourth-order valence-corrected chi connectivity index (χ4v) is 6.04. The Morgan fingerprint density at radius 3 is 2.48 bits per heavy atom. The number of carboxylic acid groups (broad SMARTS) is 1. The predicted molar refractivity (Wildman–Crippen MR) is 110 cm³/mol. The van der Waals surface area contributed by atoms with Crippen molar-refractivity contribution in [3.63, 3.8) is 0 Å². The smallest absolute Gasteiger partial charge is 0.341 e. The molecule has 4 atom stereocenters. The van der Waals surface area contributed by atoms with Crippen molar-refractivity contribution in [1.82, 2.24) is 0 Å². The third-order valence-electron chi connectivity index (χ3n) is 6.09. The molecule has 29 heavy (non-hydrogen) atoms. The molecule has 0 aliphatic heterocycles. The first kappa shape index (κ1) is 19.9. The Labute approximate surface area is 176 Å². The number of methoxy groups -OCH3 is 1. The summed E-state index contributed by atoms with van der Waals surface area (Å²) in [5, 5.41) is 15.0. The van der Waals surface area contributed by atoms with E-state index < -0.39 is 23.8 Å². The van der Waals surface area contributed by atoms with Crippen LogP contribution in [-0.2, 0) is 14.3 Å². The van der Waals surface area contributed by atoms with Crippen LogP contribution in [0.15, 0.2) is 29.6 Å². The molecule has 4 rings (SSSR count). The minimum absolute atomic E-state index is 0.0512. The lowest BCUT2D eigenvalue weighted by molar-refractivity contribution is -0.148. The molecule has 1 aromatic heterocycles. The molecule has 2 fully saturated rings. The summed E-state index contributed by atoms with van der Waals surface area (Å²) in [6, 6.07) is 7.12. The van der Waals surface area contributed by atoms with Crippen molar-refractivity contribution in [2.75, 3.05) is 12.4 Å². The van der Waals surface area contributed by atoms with E-state index in [0.717, 1.165) is 19.3 Å². The highest BCUT2D eigenvalue weighted by Crippen LogP contribution is 2.53. The maximum atomic E-state index is 13.0. The van der Waals surface area contributed by atoms with Crippen LogP contribution in [0.5, 0.6) is 0 Å². The van der Waals surface area contributed by atoms with Crippen LogP contribution in [0.1, 0.15) is 29.6 Å². The second-order valence-electron chi connectivity index (χ2n) is 7.54. The average Bonchev–Trinajstić information content (AvgIpc) is 3.42. The first-order valence-electron chi connectivity index (χ1n) is 9.40. The molecule has 0 spiro atoms. The van der Waals surface area contributed by atoms with Gasteiger partial charge in [-0.05, 0) is 37.2 Å². The number of aliphatic carboxylic acids is 1. The molecule has 6 nitrogen and oxygen atoms in total. The maximum absolute atomic E-state index is 13.0. The van der Waals surface area contributed by atoms with Crippen LogP contribution in [0.25, 0.3) is 11.1 Å². The van der Waals surface area contributed by atoms with E-state index in [-0.39, 0.29) is 23.3 Å². The summed E-state index contributed by atoms with van der Waals surface area (Å²) < 4.78 is 4.93. The topological polar surface area (TPSA) is 92.7 Å². The number of esters is 1. The van der Waals surface area contributed by atoms with E-state index in [0.29, 0.717) is 21.2 Å². The van der Waals surface area contributed by atoms with Gasteiger partial charge in [-0.1, -0.05) is 29.8 Å². The second kappa shape index (κ2) is 7.80. The van der Waals surface area contributed by atoms with Crippen LogP contribution < -0.4 is 5.32 Å². The van der Waals surface area contributed by atoms with Gasteiger partial charge in [0.2, 0.25) is 5.91 Å². The van der Waals surface area contributed by atoms with Crippen LogP contribution in [0.3, 0.4) is 0 Å². The number of anilines is 1. The van der Waals surface area contributed by atoms with E-state index in [1.807, 2.05) is 6.07 Å². The molecule has 1 aromatic carbocycles. The number of thiophene rings is 1. The highest BCUT2D eigenvalue weighted by atomic mass is 35.5. The highest BCUT2D eigenvalue weighted by molar-refractivity contribution is 7.15. The van der Waals surface area contributed by atoms with Crippen molar-refractivity contribution in [1.29, 1.82) is 0 Å². The van der Waals surface area contributed by atoms with Crippen LogP contribution in [0.2, 0.25) is 5.02 Å². The van der Waals surface area contributed by atoms with Gasteiger partial charge in [-0.3, -0.25) is 9.59 Å². The molecule has 2 aliphatic carbocycles. The van der Waals surface area contributed by atoms with Gasteiger partial charge in [0, 0.05) is 21.5 Å². The van der Waals surface area contributed by atoms with Crippen molar-refractivity contribution in [3.05, 3.63) is 40.2 Å². The second-order valence-corrected chi connectivity index (χ2v) is 8.82. The van der Waals surface area contributed by atoms with E-state index in [1.165, 1.54) is 18.4 Å². The number of carbonyl (C=O) groups excluding carboxylic acids is 2. The Balaban J connectivity index is 1.67. The highest BCUT2D eigenvalue weighted by Gasteiger charge is 2.54. The summed E-state index contributed by atoms with van der Waals surface area (Å²) in [6.45, 7) is 0. The summed E-state index contributed by atoms with van der Waals surface area (Å²) >= 11 is 7.50. The van der Waals surface area contributed by atoms with Gasteiger partial charge >= 0.3 is 11.9 Å². The third kappa shape index (κ3) is 3.42. The van der Waals surface area contributed by atoms with Crippen molar-refractivity contribution >= 4 is 45.8 Å². The SMILES string of the molecule is COC(=O)c1c(-c2ccccc2Cl)csc1NC(=O)[C@H]1[C@H]2CC[C@@H](C2)[C@@H]1C(=O)O. The molecule has 2 bridgehead atoms. The molecule has 0 saturated heterocycles. The number of benzene rings is 1. The minimum atomic E-state index is -0.923. The molecule has 1 amide bonds. The van der Waals surface area contributed by atoms with Gasteiger partial charge in [0.15, 0.2) is 0 Å². The van der Waals surface area contributed by atoms with Crippen LogP contribution in [0.4, 0.5) is 5.00 Å². The number of amides is 1. The van der Waals surface area contributed by atoms with Gasteiger partial charge < -0.3 is 15.2 Å². The van der Waals surface area contributed by atoms with Gasteiger partial charge in [0.25, 0.3) is 0 Å². The fourth-order valence-electron chi connectivity index (χ4n) is 4.85. The van der Waals surface area contributed by atoms with E-state index in [4.69, 9.17) is 16.3 Å². The van der Waals surface area contributed by atoms with Crippen molar-refractivity contribution in [2.24, 2.45) is 23.7 Å². The molecular weight excluding hydrogens is 414 g/mol. The standard InChI is InChI=1S/C21H20ClNO5S/c1-28-21(27)17-13(12-4-2-3-5-14(12)22)9-29-19(17)23-18(24)15-10-6-7-11(8-10)16(15)20(25)26/h2-5,9-11,15-16H,6-8H2,1H3,(H,23,24)(H,25,26)/t10-,11-,15-,16-/m0/s1. The Kier molecular flexibility index (Phi) is 5.36. The number of halogens is 1. The number of carbonyl (C=O) groups is 3. The number of hydrogen-bond donors (Lipinski definition) is 2. The maximum Gasteiger partial charge on any atom is 0.341 e. The fraction of sp³-hybridized carbons (Fsp3) is 0.381. The lowest BCUT2D eigenvalue weighted by atomic mass is 9.79. The Morgan fingerprint density at radius 1 is 1.14 bits per heavy atom. The normalized spacial score (nSPS) is 25.0. The van der Waals surface area contributed by atoms with E-state index in [1.54, 1.807) is 23.6 Å². The van der Waals surface area contributed by atoms with Gasteiger partial charge in [-0.15, -0.1) is 11.3 Å². The first-order chi connectivity index (χ1) is 13.9. The number of ether oxygens (including phenoxy) is 1. The summed E-state index contributed by atoms with van der Waals surface area (Å²) in [5.41, 5.74) is 1.47. The Bertz CT molecular complexity index is 987. The molecule has 8 heteroatoms. The largest absolute Gasteiger partial charge is 0.481 e. The number of carboxylic acids is 1. The van der Waals surface area contributed by atoms with Gasteiger partial charge in [-0.25, -0.2) is 4.79 Å². The lowest BCUT2D eigenvalue weighted by Gasteiger charge is -2.26. The summed E-state index contributed by atoms with van der Waals surface area (Å²) in [4.78, 5) is 37.3. The molecular formula is C21H20ClNO5S. The number of rotatable bonds is 5.